The maximum atomic E-state index is 12.7. The van der Waals surface area contributed by atoms with Crippen molar-refractivity contribution in [2.24, 2.45) is 5.92 Å². The molecule has 27 heavy (non-hydrogen) atoms. The predicted octanol–water partition coefficient (Wildman–Crippen LogP) is 5.45. The van der Waals surface area contributed by atoms with Crippen LogP contribution in [0.5, 0.6) is 0 Å². The summed E-state index contributed by atoms with van der Waals surface area (Å²) in [5.41, 5.74) is 2.11. The minimum Gasteiger partial charge on any atom is -0.339 e. The molecular weight excluding hydrogens is 407 g/mol. The van der Waals surface area contributed by atoms with E-state index in [0.717, 1.165) is 5.56 Å². The van der Waals surface area contributed by atoms with Crippen LogP contribution in [-0.2, 0) is 4.79 Å². The number of halogens is 3. The molecule has 0 spiro atoms. The van der Waals surface area contributed by atoms with Gasteiger partial charge in [0.05, 0.1) is 20.8 Å². The molecule has 1 aliphatic heterocycles. The summed E-state index contributed by atoms with van der Waals surface area (Å²) >= 11 is 18.0. The van der Waals surface area contributed by atoms with Gasteiger partial charge in [0.1, 0.15) is 0 Å². The average Bonchev–Trinajstić information content (AvgIpc) is 2.66. The molecule has 1 N–H and O–H groups in total. The first-order valence-corrected chi connectivity index (χ1v) is 9.80. The number of amides is 2. The van der Waals surface area contributed by atoms with Crippen LogP contribution in [0.3, 0.4) is 0 Å². The summed E-state index contributed by atoms with van der Waals surface area (Å²) in [6.07, 6.45) is 1.20. The molecule has 0 aliphatic carbocycles. The maximum absolute atomic E-state index is 12.7. The number of nitrogens with one attached hydrogen (secondary N) is 1. The molecule has 1 aliphatic rings. The van der Waals surface area contributed by atoms with E-state index < -0.39 is 0 Å². The first kappa shape index (κ1) is 20.0. The SMILES string of the molecule is Cc1ccccc1C(=O)N1CCC(C(=O)Nc2cc(Cl)c(Cl)cc2Cl)CC1. The minimum absolute atomic E-state index is 0.0134. The largest absolute Gasteiger partial charge is 0.339 e. The van der Waals surface area contributed by atoms with Crippen LogP contribution < -0.4 is 5.32 Å². The molecule has 2 amide bonds. The molecule has 142 valence electrons. The highest BCUT2D eigenvalue weighted by molar-refractivity contribution is 6.44. The molecule has 1 fully saturated rings. The van der Waals surface area contributed by atoms with Crippen LogP contribution in [0.2, 0.25) is 15.1 Å². The Labute approximate surface area is 173 Å². The van der Waals surface area contributed by atoms with Gasteiger partial charge in [-0.2, -0.15) is 0 Å². The van der Waals surface area contributed by atoms with Gasteiger partial charge in [-0.25, -0.2) is 0 Å². The van der Waals surface area contributed by atoms with Crippen LogP contribution >= 0.6 is 34.8 Å². The molecule has 3 rings (SSSR count). The lowest BCUT2D eigenvalue weighted by atomic mass is 9.95. The van der Waals surface area contributed by atoms with Gasteiger partial charge in [0.15, 0.2) is 0 Å². The Bertz CT molecular complexity index is 878. The fraction of sp³-hybridized carbons (Fsp3) is 0.300. The van der Waals surface area contributed by atoms with Gasteiger partial charge in [0.25, 0.3) is 5.91 Å². The monoisotopic (exact) mass is 424 g/mol. The van der Waals surface area contributed by atoms with Crippen molar-refractivity contribution in [3.8, 4) is 0 Å². The van der Waals surface area contributed by atoms with E-state index >= 15 is 0 Å². The third-order valence-electron chi connectivity index (χ3n) is 4.80. The van der Waals surface area contributed by atoms with Crippen molar-refractivity contribution in [2.75, 3.05) is 18.4 Å². The summed E-state index contributed by atoms with van der Waals surface area (Å²) < 4.78 is 0. The number of anilines is 1. The molecular formula is C20H19Cl3N2O2. The van der Waals surface area contributed by atoms with Gasteiger partial charge in [0, 0.05) is 24.6 Å². The number of piperidine rings is 1. The zero-order chi connectivity index (χ0) is 19.6. The third kappa shape index (κ3) is 4.57. The van der Waals surface area contributed by atoms with Gasteiger partial charge in [0.2, 0.25) is 5.91 Å². The van der Waals surface area contributed by atoms with Gasteiger partial charge < -0.3 is 10.2 Å². The summed E-state index contributed by atoms with van der Waals surface area (Å²) in [5.74, 6) is -0.297. The molecule has 4 nitrogen and oxygen atoms in total. The molecule has 0 bridgehead atoms. The van der Waals surface area contributed by atoms with Crippen LogP contribution in [-0.4, -0.2) is 29.8 Å². The summed E-state index contributed by atoms with van der Waals surface area (Å²) in [7, 11) is 0. The Morgan fingerprint density at radius 3 is 2.30 bits per heavy atom. The molecule has 0 unspecified atom stereocenters. The van der Waals surface area contributed by atoms with Crippen molar-refractivity contribution < 1.29 is 9.59 Å². The quantitative estimate of drug-likeness (QED) is 0.665. The zero-order valence-corrected chi connectivity index (χ0v) is 17.0. The number of carbonyl (C=O) groups excluding carboxylic acids is 2. The summed E-state index contributed by atoms with van der Waals surface area (Å²) in [4.78, 5) is 27.1. The van der Waals surface area contributed by atoms with Crippen LogP contribution in [0.25, 0.3) is 0 Å². The molecule has 2 aromatic carbocycles. The van der Waals surface area contributed by atoms with E-state index in [2.05, 4.69) is 5.32 Å². The van der Waals surface area contributed by atoms with Crippen LogP contribution in [0.1, 0.15) is 28.8 Å². The standard InChI is InChI=1S/C20H19Cl3N2O2/c1-12-4-2-3-5-14(12)20(27)25-8-6-13(7-9-25)19(26)24-18-11-16(22)15(21)10-17(18)23/h2-5,10-11,13H,6-9H2,1H3,(H,24,26). The summed E-state index contributed by atoms with van der Waals surface area (Å²) in [6.45, 7) is 3.01. The highest BCUT2D eigenvalue weighted by atomic mass is 35.5. The zero-order valence-electron chi connectivity index (χ0n) is 14.8. The minimum atomic E-state index is -0.184. The normalized spacial score (nSPS) is 14.9. The fourth-order valence-corrected chi connectivity index (χ4v) is 3.78. The van der Waals surface area contributed by atoms with Crippen LogP contribution in [0.4, 0.5) is 5.69 Å². The second-order valence-electron chi connectivity index (χ2n) is 6.62. The number of nitrogens with zero attached hydrogens (tertiary/aromatic N) is 1. The Hall–Kier alpha value is -1.75. The molecule has 0 radical (unpaired) electrons. The van der Waals surface area contributed by atoms with Gasteiger partial charge in [-0.3, -0.25) is 9.59 Å². The number of carbonyl (C=O) groups is 2. The molecule has 0 saturated carbocycles. The van der Waals surface area contributed by atoms with Crippen LogP contribution in [0.15, 0.2) is 36.4 Å². The van der Waals surface area contributed by atoms with Gasteiger partial charge in [-0.05, 0) is 43.5 Å². The average molecular weight is 426 g/mol. The van der Waals surface area contributed by atoms with E-state index in [-0.39, 0.29) is 17.7 Å². The molecule has 1 heterocycles. The lowest BCUT2D eigenvalue weighted by Crippen LogP contribution is -2.41. The van der Waals surface area contributed by atoms with Crippen LogP contribution in [0, 0.1) is 12.8 Å². The number of hydrogen-bond acceptors (Lipinski definition) is 2. The smallest absolute Gasteiger partial charge is 0.254 e. The van der Waals surface area contributed by atoms with Crippen molar-refractivity contribution in [3.63, 3.8) is 0 Å². The molecule has 0 atom stereocenters. The highest BCUT2D eigenvalue weighted by Gasteiger charge is 2.28. The second-order valence-corrected chi connectivity index (χ2v) is 7.84. The number of likely N-dealkylation sites (tertiary alicyclic amines) is 1. The third-order valence-corrected chi connectivity index (χ3v) is 5.83. The second kappa shape index (κ2) is 8.51. The van der Waals surface area contributed by atoms with E-state index in [4.69, 9.17) is 34.8 Å². The molecule has 2 aromatic rings. The van der Waals surface area contributed by atoms with Crippen molar-refractivity contribution in [1.29, 1.82) is 0 Å². The predicted molar refractivity (Wildman–Crippen MR) is 110 cm³/mol. The number of rotatable bonds is 3. The summed E-state index contributed by atoms with van der Waals surface area (Å²) in [6, 6.07) is 10.6. The Morgan fingerprint density at radius 1 is 1.00 bits per heavy atom. The fourth-order valence-electron chi connectivity index (χ4n) is 3.18. The number of hydrogen-bond donors (Lipinski definition) is 1. The van der Waals surface area contributed by atoms with Crippen molar-refractivity contribution in [1.82, 2.24) is 4.90 Å². The lowest BCUT2D eigenvalue weighted by Gasteiger charge is -2.31. The van der Waals surface area contributed by atoms with Crippen molar-refractivity contribution in [3.05, 3.63) is 62.6 Å². The van der Waals surface area contributed by atoms with E-state index in [1.165, 1.54) is 6.07 Å². The molecule has 0 aromatic heterocycles. The Balaban J connectivity index is 1.61. The number of benzene rings is 2. The number of aryl methyl sites for hydroxylation is 1. The molecule has 7 heteroatoms. The van der Waals surface area contributed by atoms with E-state index in [1.54, 1.807) is 11.0 Å². The van der Waals surface area contributed by atoms with Gasteiger partial charge in [-0.1, -0.05) is 53.0 Å². The Morgan fingerprint density at radius 2 is 1.63 bits per heavy atom. The van der Waals surface area contributed by atoms with Gasteiger partial charge >= 0.3 is 0 Å². The van der Waals surface area contributed by atoms with Crippen molar-refractivity contribution >= 4 is 52.3 Å². The van der Waals surface area contributed by atoms with E-state index in [9.17, 15) is 9.59 Å². The topological polar surface area (TPSA) is 49.4 Å². The first-order valence-electron chi connectivity index (χ1n) is 8.67. The van der Waals surface area contributed by atoms with Gasteiger partial charge in [-0.15, -0.1) is 0 Å². The lowest BCUT2D eigenvalue weighted by molar-refractivity contribution is -0.121. The maximum Gasteiger partial charge on any atom is 0.254 e. The van der Waals surface area contributed by atoms with E-state index in [0.29, 0.717) is 52.2 Å². The first-order chi connectivity index (χ1) is 12.9. The van der Waals surface area contributed by atoms with Crippen molar-refractivity contribution in [2.45, 2.75) is 19.8 Å². The Kier molecular flexibility index (Phi) is 6.30. The summed E-state index contributed by atoms with van der Waals surface area (Å²) in [5, 5.41) is 3.82. The van der Waals surface area contributed by atoms with E-state index in [1.807, 2.05) is 31.2 Å². The molecule has 1 saturated heterocycles. The highest BCUT2D eigenvalue weighted by Crippen LogP contribution is 2.33.